The van der Waals surface area contributed by atoms with Crippen molar-refractivity contribution in [3.05, 3.63) is 0 Å². The molecule has 0 aromatic carbocycles. The van der Waals surface area contributed by atoms with E-state index in [9.17, 15) is 9.59 Å². The van der Waals surface area contributed by atoms with Gasteiger partial charge in [0.25, 0.3) is 0 Å². The zero-order chi connectivity index (χ0) is 17.9. The van der Waals surface area contributed by atoms with Gasteiger partial charge in [-0.2, -0.15) is 0 Å². The van der Waals surface area contributed by atoms with E-state index in [1.165, 1.54) is 0 Å². The molecule has 138 valence electrons. The fourth-order valence-electron chi connectivity index (χ4n) is 3.68. The average Bonchev–Trinajstić information content (AvgIpc) is 2.53. The summed E-state index contributed by atoms with van der Waals surface area (Å²) in [7, 11) is 0. The summed E-state index contributed by atoms with van der Waals surface area (Å²) in [5.74, 6) is 1.82. The summed E-state index contributed by atoms with van der Waals surface area (Å²) in [4.78, 5) is 28.6. The number of piperidine rings is 2. The number of likely N-dealkylation sites (tertiary alicyclic amines) is 2. The van der Waals surface area contributed by atoms with E-state index in [1.807, 2.05) is 25.7 Å². The molecule has 0 aromatic rings. The molecule has 0 saturated carbocycles. The van der Waals surface area contributed by atoms with E-state index in [2.05, 4.69) is 13.8 Å². The highest BCUT2D eigenvalue weighted by molar-refractivity contribution is 5.79. The summed E-state index contributed by atoms with van der Waals surface area (Å²) >= 11 is 0. The van der Waals surface area contributed by atoms with Gasteiger partial charge in [-0.15, -0.1) is 0 Å². The van der Waals surface area contributed by atoms with Crippen LogP contribution in [0.25, 0.3) is 0 Å². The third-order valence-electron chi connectivity index (χ3n) is 5.29. The Morgan fingerprint density at radius 1 is 0.917 bits per heavy atom. The fourth-order valence-corrected chi connectivity index (χ4v) is 3.68. The monoisotopic (exact) mass is 338 g/mol. The number of hydrogen-bond acceptors (Lipinski definition) is 3. The van der Waals surface area contributed by atoms with Crippen molar-refractivity contribution >= 4 is 12.0 Å². The molecule has 2 saturated heterocycles. The molecule has 0 bridgehead atoms. The van der Waals surface area contributed by atoms with Crippen LogP contribution in [0.15, 0.2) is 0 Å². The van der Waals surface area contributed by atoms with Crippen LogP contribution in [-0.4, -0.2) is 53.6 Å². The van der Waals surface area contributed by atoms with Crippen molar-refractivity contribution in [2.75, 3.05) is 26.2 Å². The van der Waals surface area contributed by atoms with Crippen molar-refractivity contribution in [2.45, 2.75) is 65.9 Å². The molecule has 2 amide bonds. The minimum atomic E-state index is -0.468. The van der Waals surface area contributed by atoms with Gasteiger partial charge in [-0.1, -0.05) is 13.8 Å². The van der Waals surface area contributed by atoms with Gasteiger partial charge in [-0.25, -0.2) is 4.79 Å². The van der Waals surface area contributed by atoms with E-state index in [0.717, 1.165) is 44.7 Å². The molecular formula is C19H34N2O3. The maximum atomic E-state index is 12.7. The van der Waals surface area contributed by atoms with E-state index >= 15 is 0 Å². The lowest BCUT2D eigenvalue weighted by Crippen LogP contribution is -2.47. The Balaban J connectivity index is 1.78. The molecule has 0 N–H and O–H groups in total. The summed E-state index contributed by atoms with van der Waals surface area (Å²) in [5.41, 5.74) is -0.468. The SMILES string of the molecule is CC(C)C1CCN(C(=O)C2CCN(C(=O)OC(C)(C)C)CC2)CC1. The molecule has 0 aromatic heterocycles. The van der Waals surface area contributed by atoms with Crippen molar-refractivity contribution in [3.63, 3.8) is 0 Å². The standard InChI is InChI=1S/C19H34N2O3/c1-14(2)15-6-10-20(11-7-15)17(22)16-8-12-21(13-9-16)18(23)24-19(3,4)5/h14-16H,6-13H2,1-5H3. The summed E-state index contributed by atoms with van der Waals surface area (Å²) in [6.07, 6.45) is 3.50. The molecule has 2 aliphatic heterocycles. The molecule has 2 fully saturated rings. The second-order valence-corrected chi connectivity index (χ2v) is 8.65. The number of nitrogens with zero attached hydrogens (tertiary/aromatic N) is 2. The maximum Gasteiger partial charge on any atom is 0.410 e. The molecule has 5 heteroatoms. The second kappa shape index (κ2) is 7.75. The quantitative estimate of drug-likeness (QED) is 0.774. The molecule has 2 heterocycles. The first-order valence-corrected chi connectivity index (χ1v) is 9.44. The zero-order valence-electron chi connectivity index (χ0n) is 16.0. The largest absolute Gasteiger partial charge is 0.444 e. The normalized spacial score (nSPS) is 21.2. The number of carbonyl (C=O) groups excluding carboxylic acids is 2. The minimum Gasteiger partial charge on any atom is -0.444 e. The maximum absolute atomic E-state index is 12.7. The molecule has 24 heavy (non-hydrogen) atoms. The molecule has 0 radical (unpaired) electrons. The first-order valence-electron chi connectivity index (χ1n) is 9.44. The number of rotatable bonds is 2. The average molecular weight is 338 g/mol. The Morgan fingerprint density at radius 3 is 1.88 bits per heavy atom. The highest BCUT2D eigenvalue weighted by Gasteiger charge is 2.33. The highest BCUT2D eigenvalue weighted by atomic mass is 16.6. The Hall–Kier alpha value is -1.26. The van der Waals surface area contributed by atoms with Gasteiger partial charge >= 0.3 is 6.09 Å². The van der Waals surface area contributed by atoms with E-state index in [1.54, 1.807) is 4.90 Å². The molecule has 0 atom stereocenters. The van der Waals surface area contributed by atoms with Crippen molar-refractivity contribution in [3.8, 4) is 0 Å². The van der Waals surface area contributed by atoms with Crippen molar-refractivity contribution in [1.82, 2.24) is 9.80 Å². The molecule has 2 rings (SSSR count). The van der Waals surface area contributed by atoms with Gasteiger partial charge in [-0.05, 0) is 58.3 Å². The lowest BCUT2D eigenvalue weighted by molar-refractivity contribution is -0.138. The molecular weight excluding hydrogens is 304 g/mol. The molecule has 0 unspecified atom stereocenters. The third-order valence-corrected chi connectivity index (χ3v) is 5.29. The number of ether oxygens (including phenoxy) is 1. The van der Waals surface area contributed by atoms with Crippen LogP contribution in [0, 0.1) is 17.8 Å². The van der Waals surface area contributed by atoms with Crippen molar-refractivity contribution in [2.24, 2.45) is 17.8 Å². The highest BCUT2D eigenvalue weighted by Crippen LogP contribution is 2.27. The van der Waals surface area contributed by atoms with Crippen molar-refractivity contribution in [1.29, 1.82) is 0 Å². The number of hydrogen-bond donors (Lipinski definition) is 0. The van der Waals surface area contributed by atoms with Crippen LogP contribution in [-0.2, 0) is 9.53 Å². The third kappa shape index (κ3) is 5.12. The van der Waals surface area contributed by atoms with Gasteiger partial charge in [-0.3, -0.25) is 4.79 Å². The van der Waals surface area contributed by atoms with E-state index in [-0.39, 0.29) is 12.0 Å². The Labute approximate surface area is 146 Å². The zero-order valence-corrected chi connectivity index (χ0v) is 16.0. The number of carbonyl (C=O) groups is 2. The van der Waals surface area contributed by atoms with Crippen molar-refractivity contribution < 1.29 is 14.3 Å². The van der Waals surface area contributed by atoms with Gasteiger partial charge < -0.3 is 14.5 Å². The summed E-state index contributed by atoms with van der Waals surface area (Å²) in [6, 6.07) is 0. The summed E-state index contributed by atoms with van der Waals surface area (Å²) in [6.45, 7) is 13.2. The first-order chi connectivity index (χ1) is 11.2. The predicted octanol–water partition coefficient (Wildman–Crippen LogP) is 3.53. The fraction of sp³-hybridized carbons (Fsp3) is 0.895. The van der Waals surface area contributed by atoms with Crippen LogP contribution in [0.1, 0.15) is 60.3 Å². The van der Waals surface area contributed by atoms with E-state index < -0.39 is 5.60 Å². The predicted molar refractivity (Wildman–Crippen MR) is 94.7 cm³/mol. The van der Waals surface area contributed by atoms with E-state index in [4.69, 9.17) is 4.74 Å². The van der Waals surface area contributed by atoms with Gasteiger partial charge in [0, 0.05) is 32.1 Å². The molecule has 0 aliphatic carbocycles. The van der Waals surface area contributed by atoms with Crippen LogP contribution >= 0.6 is 0 Å². The first kappa shape index (κ1) is 19.1. The number of amides is 2. The van der Waals surface area contributed by atoms with Gasteiger partial charge in [0.15, 0.2) is 0 Å². The smallest absolute Gasteiger partial charge is 0.410 e. The van der Waals surface area contributed by atoms with Crippen LogP contribution in [0.4, 0.5) is 4.79 Å². The van der Waals surface area contributed by atoms with Gasteiger partial charge in [0.2, 0.25) is 5.91 Å². The lowest BCUT2D eigenvalue weighted by atomic mass is 9.86. The lowest BCUT2D eigenvalue weighted by Gasteiger charge is -2.38. The van der Waals surface area contributed by atoms with Crippen LogP contribution in [0.3, 0.4) is 0 Å². The van der Waals surface area contributed by atoms with Gasteiger partial charge in [0.05, 0.1) is 0 Å². The van der Waals surface area contributed by atoms with Crippen LogP contribution < -0.4 is 0 Å². The Kier molecular flexibility index (Phi) is 6.16. The molecule has 2 aliphatic rings. The molecule has 5 nitrogen and oxygen atoms in total. The summed E-state index contributed by atoms with van der Waals surface area (Å²) < 4.78 is 5.42. The minimum absolute atomic E-state index is 0.0688. The van der Waals surface area contributed by atoms with Gasteiger partial charge in [0.1, 0.15) is 5.60 Å². The topological polar surface area (TPSA) is 49.9 Å². The Morgan fingerprint density at radius 2 is 1.42 bits per heavy atom. The summed E-state index contributed by atoms with van der Waals surface area (Å²) in [5, 5.41) is 0. The van der Waals surface area contributed by atoms with Crippen LogP contribution in [0.2, 0.25) is 0 Å². The Bertz CT molecular complexity index is 440. The van der Waals surface area contributed by atoms with Crippen LogP contribution in [0.5, 0.6) is 0 Å². The second-order valence-electron chi connectivity index (χ2n) is 8.65. The molecule has 0 spiro atoms. The van der Waals surface area contributed by atoms with E-state index in [0.29, 0.717) is 24.9 Å².